The highest BCUT2D eigenvalue weighted by Gasteiger charge is 2.39. The van der Waals surface area contributed by atoms with Crippen LogP contribution >= 0.6 is 0 Å². The molecular weight excluding hydrogens is 348 g/mol. The predicted octanol–water partition coefficient (Wildman–Crippen LogP) is 3.71. The zero-order valence-corrected chi connectivity index (χ0v) is 16.4. The first-order chi connectivity index (χ1) is 13.7. The number of anilines is 3. The summed E-state index contributed by atoms with van der Waals surface area (Å²) in [4.78, 5) is 9.46. The fourth-order valence-electron chi connectivity index (χ4n) is 4.56. The molecule has 0 bridgehead atoms. The summed E-state index contributed by atoms with van der Waals surface area (Å²) in [5.41, 5.74) is 4.56. The van der Waals surface area contributed by atoms with E-state index >= 15 is 0 Å². The van der Waals surface area contributed by atoms with Gasteiger partial charge in [-0.05, 0) is 68.8 Å². The van der Waals surface area contributed by atoms with Crippen molar-refractivity contribution in [2.75, 3.05) is 36.9 Å². The zero-order chi connectivity index (χ0) is 19.1. The molecule has 0 spiro atoms. The molecule has 146 valence electrons. The van der Waals surface area contributed by atoms with Gasteiger partial charge in [0.15, 0.2) is 0 Å². The maximum atomic E-state index is 4.56. The van der Waals surface area contributed by atoms with E-state index in [9.17, 15) is 0 Å². The Morgan fingerprint density at radius 3 is 2.75 bits per heavy atom. The topological polar surface area (TPSA) is 49.2 Å². The third-order valence-electron chi connectivity index (χ3n) is 6.02. The SMILES string of the molecule is Cc1cc(Nc2ncn(-c3ccccc3)n2)cc(N2C[C@H]3CCN(C)[C@H]3C2)c1.[HH]. The standard InChI is InChI=1S/C22H26N6.H2/c1-16-10-18(24-22-23-15-28(25-22)19-6-4-3-5-7-19)12-20(11-16)27-13-17-8-9-26(2)21(17)14-27;/h3-7,10-12,15,17,21H,8-9,13-14H2,1-2H3,(H,24,25);1H/t17-,21+;/m1./s1. The first kappa shape index (κ1) is 17.3. The molecule has 0 aliphatic carbocycles. The largest absolute Gasteiger partial charge is 0.370 e. The summed E-state index contributed by atoms with van der Waals surface area (Å²) in [5.74, 6) is 1.41. The highest BCUT2D eigenvalue weighted by Crippen LogP contribution is 2.34. The molecule has 3 aromatic rings. The molecule has 6 nitrogen and oxygen atoms in total. The lowest BCUT2D eigenvalue weighted by molar-refractivity contribution is 0.310. The lowest BCUT2D eigenvalue weighted by Gasteiger charge is -2.23. The molecule has 2 atom stereocenters. The zero-order valence-electron chi connectivity index (χ0n) is 16.4. The number of likely N-dealkylation sites (tertiary alicyclic amines) is 1. The molecule has 2 aromatic carbocycles. The molecule has 28 heavy (non-hydrogen) atoms. The van der Waals surface area contributed by atoms with Gasteiger partial charge in [0.25, 0.3) is 0 Å². The van der Waals surface area contributed by atoms with Crippen LogP contribution in [-0.4, -0.2) is 52.4 Å². The van der Waals surface area contributed by atoms with Crippen molar-refractivity contribution in [1.82, 2.24) is 19.7 Å². The Kier molecular flexibility index (Phi) is 4.28. The maximum Gasteiger partial charge on any atom is 0.246 e. The third-order valence-corrected chi connectivity index (χ3v) is 6.02. The molecule has 1 N–H and O–H groups in total. The van der Waals surface area contributed by atoms with Crippen molar-refractivity contribution in [3.63, 3.8) is 0 Å². The number of nitrogens with zero attached hydrogens (tertiary/aromatic N) is 5. The number of aromatic nitrogens is 3. The second-order valence-corrected chi connectivity index (χ2v) is 8.03. The molecule has 2 aliphatic rings. The second-order valence-electron chi connectivity index (χ2n) is 8.03. The lowest BCUT2D eigenvalue weighted by atomic mass is 10.1. The fourth-order valence-corrected chi connectivity index (χ4v) is 4.56. The number of rotatable bonds is 4. The summed E-state index contributed by atoms with van der Waals surface area (Å²) >= 11 is 0. The average molecular weight is 377 g/mol. The monoisotopic (exact) mass is 376 g/mol. The molecular formula is C22H28N6. The van der Waals surface area contributed by atoms with Gasteiger partial charge in [-0.15, -0.1) is 5.10 Å². The molecule has 3 heterocycles. The van der Waals surface area contributed by atoms with Gasteiger partial charge in [-0.2, -0.15) is 4.98 Å². The lowest BCUT2D eigenvalue weighted by Crippen LogP contribution is -2.32. The highest BCUT2D eigenvalue weighted by molar-refractivity contribution is 5.64. The number of fused-ring (bicyclic) bond motifs is 1. The van der Waals surface area contributed by atoms with Gasteiger partial charge in [0.05, 0.1) is 5.69 Å². The molecule has 6 heteroatoms. The van der Waals surface area contributed by atoms with Crippen LogP contribution in [0.25, 0.3) is 5.69 Å². The Hall–Kier alpha value is -2.86. The normalized spacial score (nSPS) is 21.9. The Bertz CT molecular complexity index is 972. The Morgan fingerprint density at radius 2 is 1.93 bits per heavy atom. The smallest absolute Gasteiger partial charge is 0.246 e. The minimum Gasteiger partial charge on any atom is -0.370 e. The molecule has 5 rings (SSSR count). The first-order valence-electron chi connectivity index (χ1n) is 9.97. The Labute approximate surface area is 167 Å². The van der Waals surface area contributed by atoms with E-state index in [0.717, 1.165) is 30.4 Å². The van der Waals surface area contributed by atoms with Crippen LogP contribution in [0.3, 0.4) is 0 Å². The van der Waals surface area contributed by atoms with Gasteiger partial charge in [-0.3, -0.25) is 0 Å². The number of benzene rings is 2. The van der Waals surface area contributed by atoms with Crippen molar-refractivity contribution in [1.29, 1.82) is 0 Å². The van der Waals surface area contributed by atoms with E-state index in [1.807, 2.05) is 30.3 Å². The molecule has 2 aliphatic heterocycles. The number of nitrogens with one attached hydrogen (secondary N) is 1. The van der Waals surface area contributed by atoms with E-state index in [2.05, 4.69) is 57.4 Å². The van der Waals surface area contributed by atoms with Crippen molar-refractivity contribution >= 4 is 17.3 Å². The fraction of sp³-hybridized carbons (Fsp3) is 0.364. The maximum absolute atomic E-state index is 4.56. The van der Waals surface area contributed by atoms with Gasteiger partial charge in [0, 0.05) is 31.9 Å². The minimum atomic E-state index is 0. The molecule has 0 unspecified atom stereocenters. The average Bonchev–Trinajstić information content (AvgIpc) is 3.40. The third kappa shape index (κ3) is 3.24. The Morgan fingerprint density at radius 1 is 1.07 bits per heavy atom. The quantitative estimate of drug-likeness (QED) is 0.752. The molecule has 0 saturated carbocycles. The highest BCUT2D eigenvalue weighted by atomic mass is 15.4. The van der Waals surface area contributed by atoms with Crippen LogP contribution in [0.4, 0.5) is 17.3 Å². The second kappa shape index (κ2) is 6.95. The van der Waals surface area contributed by atoms with E-state index in [-0.39, 0.29) is 1.43 Å². The van der Waals surface area contributed by atoms with Crippen LogP contribution < -0.4 is 10.2 Å². The van der Waals surface area contributed by atoms with Gasteiger partial charge in [-0.1, -0.05) is 18.2 Å². The first-order valence-corrected chi connectivity index (χ1v) is 9.97. The van der Waals surface area contributed by atoms with Crippen LogP contribution in [0.15, 0.2) is 54.9 Å². The van der Waals surface area contributed by atoms with Gasteiger partial charge in [-0.25, -0.2) is 4.68 Å². The Balaban J connectivity index is 0.00000205. The van der Waals surface area contributed by atoms with Crippen LogP contribution in [0.1, 0.15) is 13.4 Å². The number of para-hydroxylation sites is 1. The van der Waals surface area contributed by atoms with Crippen LogP contribution in [-0.2, 0) is 0 Å². The summed E-state index contributed by atoms with van der Waals surface area (Å²) in [7, 11) is 2.26. The van der Waals surface area contributed by atoms with E-state index in [1.54, 1.807) is 11.0 Å². The van der Waals surface area contributed by atoms with Crippen molar-refractivity contribution in [3.05, 3.63) is 60.4 Å². The number of aryl methyl sites for hydroxylation is 1. The predicted molar refractivity (Wildman–Crippen MR) is 115 cm³/mol. The van der Waals surface area contributed by atoms with E-state index < -0.39 is 0 Å². The van der Waals surface area contributed by atoms with Crippen LogP contribution in [0.5, 0.6) is 0 Å². The van der Waals surface area contributed by atoms with Crippen molar-refractivity contribution in [3.8, 4) is 5.69 Å². The summed E-state index contributed by atoms with van der Waals surface area (Å²) < 4.78 is 1.79. The molecule has 0 amide bonds. The summed E-state index contributed by atoms with van der Waals surface area (Å²) in [6, 6.07) is 17.4. The van der Waals surface area contributed by atoms with Gasteiger partial charge < -0.3 is 15.1 Å². The molecule has 2 fully saturated rings. The van der Waals surface area contributed by atoms with Gasteiger partial charge in [0.1, 0.15) is 6.33 Å². The van der Waals surface area contributed by atoms with Crippen LogP contribution in [0, 0.1) is 12.8 Å². The summed E-state index contributed by atoms with van der Waals surface area (Å²) in [5, 5.41) is 7.94. The molecule has 1 aromatic heterocycles. The summed E-state index contributed by atoms with van der Waals surface area (Å²) in [6.45, 7) is 5.65. The molecule has 2 saturated heterocycles. The van der Waals surface area contributed by atoms with Gasteiger partial charge in [0.2, 0.25) is 5.95 Å². The van der Waals surface area contributed by atoms with Crippen LogP contribution in [0.2, 0.25) is 0 Å². The number of hydrogen-bond acceptors (Lipinski definition) is 5. The van der Waals surface area contributed by atoms with E-state index in [0.29, 0.717) is 12.0 Å². The molecule has 0 radical (unpaired) electrons. The van der Waals surface area contributed by atoms with E-state index in [1.165, 1.54) is 24.2 Å². The van der Waals surface area contributed by atoms with Crippen molar-refractivity contribution in [2.24, 2.45) is 5.92 Å². The van der Waals surface area contributed by atoms with Gasteiger partial charge >= 0.3 is 0 Å². The number of likely N-dealkylation sites (N-methyl/N-ethyl adjacent to an activating group) is 1. The van der Waals surface area contributed by atoms with Crippen molar-refractivity contribution in [2.45, 2.75) is 19.4 Å². The minimum absolute atomic E-state index is 0. The number of hydrogen-bond donors (Lipinski definition) is 1. The summed E-state index contributed by atoms with van der Waals surface area (Å²) in [6.07, 6.45) is 3.06. The van der Waals surface area contributed by atoms with Crippen molar-refractivity contribution < 1.29 is 1.43 Å². The van der Waals surface area contributed by atoms with E-state index in [4.69, 9.17) is 0 Å².